The second kappa shape index (κ2) is 5.96. The van der Waals surface area contributed by atoms with Gasteiger partial charge in [-0.1, -0.05) is 6.07 Å². The second-order valence-corrected chi connectivity index (χ2v) is 5.42. The minimum Gasteiger partial charge on any atom is -0.361 e. The average Bonchev–Trinajstić information content (AvgIpc) is 2.83. The largest absolute Gasteiger partial charge is 0.361 e. The summed E-state index contributed by atoms with van der Waals surface area (Å²) in [6.45, 7) is 2.04. The molecule has 0 aliphatic carbocycles. The van der Waals surface area contributed by atoms with Crippen molar-refractivity contribution in [3.8, 4) is 0 Å². The summed E-state index contributed by atoms with van der Waals surface area (Å²) in [5.41, 5.74) is 1.71. The Bertz CT molecular complexity index is 535. The van der Waals surface area contributed by atoms with Gasteiger partial charge in [-0.05, 0) is 48.9 Å². The van der Waals surface area contributed by atoms with Crippen LogP contribution in [0.4, 0.5) is 0 Å². The summed E-state index contributed by atoms with van der Waals surface area (Å²) in [5, 5.41) is 4.15. The second-order valence-electron chi connectivity index (χ2n) is 4.44. The van der Waals surface area contributed by atoms with Crippen LogP contribution in [0.15, 0.2) is 30.5 Å². The van der Waals surface area contributed by atoms with Gasteiger partial charge >= 0.3 is 0 Å². The van der Waals surface area contributed by atoms with E-state index in [1.807, 2.05) is 37.4 Å². The first-order valence-electron chi connectivity index (χ1n) is 6.07. The van der Waals surface area contributed by atoms with Crippen molar-refractivity contribution in [3.63, 3.8) is 0 Å². The molecule has 0 unspecified atom stereocenters. The Hall–Kier alpha value is -1.42. The summed E-state index contributed by atoms with van der Waals surface area (Å²) in [7, 11) is 0. The highest BCUT2D eigenvalue weighted by molar-refractivity contribution is 7.98. The molecule has 1 aromatic heterocycles. The van der Waals surface area contributed by atoms with E-state index in [0.29, 0.717) is 5.56 Å². The van der Waals surface area contributed by atoms with Gasteiger partial charge in [0, 0.05) is 23.3 Å². The Labute approximate surface area is 111 Å². The van der Waals surface area contributed by atoms with Crippen molar-refractivity contribution < 1.29 is 4.79 Å². The van der Waals surface area contributed by atoms with Crippen LogP contribution in [0.3, 0.4) is 0 Å². The summed E-state index contributed by atoms with van der Waals surface area (Å²) in [6, 6.07) is 7.94. The van der Waals surface area contributed by atoms with Crippen LogP contribution in [0.1, 0.15) is 23.7 Å². The van der Waals surface area contributed by atoms with Gasteiger partial charge in [-0.2, -0.15) is 11.8 Å². The van der Waals surface area contributed by atoms with Crippen LogP contribution in [0.25, 0.3) is 10.9 Å². The van der Waals surface area contributed by atoms with Gasteiger partial charge in [0.05, 0.1) is 0 Å². The Morgan fingerprint density at radius 1 is 1.44 bits per heavy atom. The van der Waals surface area contributed by atoms with Gasteiger partial charge in [-0.25, -0.2) is 0 Å². The van der Waals surface area contributed by atoms with Crippen LogP contribution in [-0.2, 0) is 0 Å². The molecule has 4 heteroatoms. The number of amides is 1. The number of carbonyl (C=O) groups is 1. The molecule has 96 valence electrons. The summed E-state index contributed by atoms with van der Waals surface area (Å²) in [5.74, 6) is 1.07. The van der Waals surface area contributed by atoms with Crippen LogP contribution >= 0.6 is 11.8 Å². The molecule has 2 aromatic rings. The van der Waals surface area contributed by atoms with E-state index in [-0.39, 0.29) is 11.9 Å². The summed E-state index contributed by atoms with van der Waals surface area (Å²) >= 11 is 1.80. The highest BCUT2D eigenvalue weighted by atomic mass is 32.2. The molecular formula is C14H18N2OS. The van der Waals surface area contributed by atoms with Crippen molar-refractivity contribution in [2.24, 2.45) is 0 Å². The van der Waals surface area contributed by atoms with E-state index in [1.54, 1.807) is 11.8 Å². The van der Waals surface area contributed by atoms with Crippen LogP contribution < -0.4 is 5.32 Å². The zero-order valence-electron chi connectivity index (χ0n) is 10.7. The molecule has 0 aliphatic heterocycles. The number of aromatic amines is 1. The number of H-pyrrole nitrogens is 1. The van der Waals surface area contributed by atoms with Crippen LogP contribution in [-0.4, -0.2) is 28.9 Å². The molecule has 0 saturated carbocycles. The molecule has 2 N–H and O–H groups in total. The van der Waals surface area contributed by atoms with E-state index in [0.717, 1.165) is 23.1 Å². The lowest BCUT2D eigenvalue weighted by Crippen LogP contribution is -2.32. The Kier molecular flexibility index (Phi) is 4.31. The van der Waals surface area contributed by atoms with Gasteiger partial charge in [0.25, 0.3) is 5.91 Å². The van der Waals surface area contributed by atoms with Gasteiger partial charge in [0.15, 0.2) is 0 Å². The Balaban J connectivity index is 2.03. The lowest BCUT2D eigenvalue weighted by Gasteiger charge is -2.13. The third kappa shape index (κ3) is 3.07. The monoisotopic (exact) mass is 262 g/mol. The van der Waals surface area contributed by atoms with Crippen molar-refractivity contribution in [1.29, 1.82) is 0 Å². The summed E-state index contributed by atoms with van der Waals surface area (Å²) in [6.07, 6.45) is 4.96. The number of aromatic nitrogens is 1. The van der Waals surface area contributed by atoms with Crippen molar-refractivity contribution in [1.82, 2.24) is 10.3 Å². The molecule has 3 nitrogen and oxygen atoms in total. The quantitative estimate of drug-likeness (QED) is 0.870. The van der Waals surface area contributed by atoms with Gasteiger partial charge in [0.1, 0.15) is 0 Å². The third-order valence-electron chi connectivity index (χ3n) is 2.95. The van der Waals surface area contributed by atoms with Crippen molar-refractivity contribution in [2.75, 3.05) is 12.0 Å². The number of rotatable bonds is 5. The van der Waals surface area contributed by atoms with E-state index in [1.165, 1.54) is 0 Å². The fraction of sp³-hybridized carbons (Fsp3) is 0.357. The van der Waals surface area contributed by atoms with Crippen LogP contribution in [0.2, 0.25) is 0 Å². The molecule has 1 heterocycles. The average molecular weight is 262 g/mol. The van der Waals surface area contributed by atoms with E-state index in [9.17, 15) is 4.79 Å². The molecule has 0 bridgehead atoms. The van der Waals surface area contributed by atoms with E-state index >= 15 is 0 Å². The standard InChI is InChI=1S/C14H18N2OS/c1-10(6-8-18-2)16-14(17)12-4-3-11-5-7-15-13(11)9-12/h3-5,7,9-10,15H,6,8H2,1-2H3,(H,16,17)/t10-/m1/s1. The SMILES string of the molecule is CSCC[C@@H](C)NC(=O)c1ccc2cc[nH]c2c1. The number of carbonyl (C=O) groups excluding carboxylic acids is 1. The molecule has 0 radical (unpaired) electrons. The Morgan fingerprint density at radius 3 is 3.06 bits per heavy atom. The Morgan fingerprint density at radius 2 is 2.28 bits per heavy atom. The predicted molar refractivity (Wildman–Crippen MR) is 78.2 cm³/mol. The molecule has 1 atom stereocenters. The normalized spacial score (nSPS) is 12.6. The molecule has 0 aliphatic rings. The fourth-order valence-corrected chi connectivity index (χ4v) is 2.45. The third-order valence-corrected chi connectivity index (χ3v) is 3.59. The topological polar surface area (TPSA) is 44.9 Å². The van der Waals surface area contributed by atoms with E-state index < -0.39 is 0 Å². The maximum atomic E-state index is 12.1. The minimum absolute atomic E-state index is 0.0000954. The van der Waals surface area contributed by atoms with E-state index in [4.69, 9.17) is 0 Å². The van der Waals surface area contributed by atoms with Crippen molar-refractivity contribution in [3.05, 3.63) is 36.0 Å². The molecular weight excluding hydrogens is 244 g/mol. The zero-order chi connectivity index (χ0) is 13.0. The van der Waals surface area contributed by atoms with Crippen LogP contribution in [0, 0.1) is 0 Å². The number of hydrogen-bond acceptors (Lipinski definition) is 2. The first-order valence-corrected chi connectivity index (χ1v) is 7.47. The van der Waals surface area contributed by atoms with E-state index in [2.05, 4.69) is 16.6 Å². The predicted octanol–water partition coefficient (Wildman–Crippen LogP) is 3.04. The van der Waals surface area contributed by atoms with Gasteiger partial charge < -0.3 is 10.3 Å². The first-order chi connectivity index (χ1) is 8.70. The lowest BCUT2D eigenvalue weighted by atomic mass is 10.1. The molecule has 2 rings (SSSR count). The molecule has 0 spiro atoms. The maximum Gasteiger partial charge on any atom is 0.251 e. The van der Waals surface area contributed by atoms with Gasteiger partial charge in [-0.3, -0.25) is 4.79 Å². The highest BCUT2D eigenvalue weighted by Gasteiger charge is 2.10. The minimum atomic E-state index is 0.0000954. The number of benzene rings is 1. The van der Waals surface area contributed by atoms with Crippen molar-refractivity contribution >= 4 is 28.6 Å². The highest BCUT2D eigenvalue weighted by Crippen LogP contribution is 2.14. The van der Waals surface area contributed by atoms with Gasteiger partial charge in [0.2, 0.25) is 0 Å². The zero-order valence-corrected chi connectivity index (χ0v) is 11.5. The molecule has 0 saturated heterocycles. The van der Waals surface area contributed by atoms with Gasteiger partial charge in [-0.15, -0.1) is 0 Å². The summed E-state index contributed by atoms with van der Waals surface area (Å²) < 4.78 is 0. The smallest absolute Gasteiger partial charge is 0.251 e. The molecule has 18 heavy (non-hydrogen) atoms. The maximum absolute atomic E-state index is 12.1. The number of nitrogens with one attached hydrogen (secondary N) is 2. The van der Waals surface area contributed by atoms with Crippen molar-refractivity contribution in [2.45, 2.75) is 19.4 Å². The molecule has 1 aromatic carbocycles. The number of fused-ring (bicyclic) bond motifs is 1. The number of hydrogen-bond donors (Lipinski definition) is 2. The van der Waals surface area contributed by atoms with Crippen LogP contribution in [0.5, 0.6) is 0 Å². The fourth-order valence-electron chi connectivity index (χ4n) is 1.86. The number of thioether (sulfide) groups is 1. The first kappa shape index (κ1) is 13.0. The molecule has 1 amide bonds. The lowest BCUT2D eigenvalue weighted by molar-refractivity contribution is 0.0939. The molecule has 0 fully saturated rings. The summed E-state index contributed by atoms with van der Waals surface area (Å²) in [4.78, 5) is 15.2.